The SMILES string of the molecule is NCCCc1cc(Cl)ncc1F. The lowest BCUT2D eigenvalue weighted by molar-refractivity contribution is 0.599. The minimum atomic E-state index is -0.312. The van der Waals surface area contributed by atoms with Crippen molar-refractivity contribution in [2.24, 2.45) is 5.73 Å². The first-order valence-corrected chi connectivity index (χ1v) is 4.12. The summed E-state index contributed by atoms with van der Waals surface area (Å²) in [5, 5.41) is 0.323. The molecule has 4 heteroatoms. The van der Waals surface area contributed by atoms with Gasteiger partial charge in [-0.25, -0.2) is 9.37 Å². The van der Waals surface area contributed by atoms with Crippen LogP contribution in [-0.4, -0.2) is 11.5 Å². The molecule has 0 amide bonds. The lowest BCUT2D eigenvalue weighted by Gasteiger charge is -2.00. The highest BCUT2D eigenvalue weighted by atomic mass is 35.5. The Morgan fingerprint density at radius 1 is 1.58 bits per heavy atom. The van der Waals surface area contributed by atoms with Crippen molar-refractivity contribution in [1.82, 2.24) is 4.98 Å². The predicted octanol–water partition coefficient (Wildman–Crippen LogP) is 1.77. The first kappa shape index (κ1) is 9.42. The van der Waals surface area contributed by atoms with Crippen molar-refractivity contribution >= 4 is 11.6 Å². The molecule has 1 aromatic rings. The number of hydrogen-bond donors (Lipinski definition) is 1. The average Bonchev–Trinajstić information content (AvgIpc) is 2.07. The number of nitrogens with two attached hydrogens (primary N) is 1. The van der Waals surface area contributed by atoms with Crippen LogP contribution < -0.4 is 5.73 Å². The van der Waals surface area contributed by atoms with E-state index in [1.807, 2.05) is 0 Å². The minimum absolute atomic E-state index is 0.312. The third kappa shape index (κ3) is 2.43. The van der Waals surface area contributed by atoms with E-state index >= 15 is 0 Å². The first-order chi connectivity index (χ1) is 5.74. The van der Waals surface area contributed by atoms with Crippen molar-refractivity contribution in [3.63, 3.8) is 0 Å². The van der Waals surface area contributed by atoms with Gasteiger partial charge < -0.3 is 5.73 Å². The largest absolute Gasteiger partial charge is 0.330 e. The van der Waals surface area contributed by atoms with Gasteiger partial charge in [0, 0.05) is 0 Å². The Bertz CT molecular complexity index is 265. The summed E-state index contributed by atoms with van der Waals surface area (Å²) in [6, 6.07) is 1.53. The molecule has 1 heterocycles. The second-order valence-corrected chi connectivity index (χ2v) is 2.88. The monoisotopic (exact) mass is 188 g/mol. The summed E-state index contributed by atoms with van der Waals surface area (Å²) in [5.41, 5.74) is 5.88. The molecule has 0 aromatic carbocycles. The van der Waals surface area contributed by atoms with Crippen LogP contribution in [-0.2, 0) is 6.42 Å². The smallest absolute Gasteiger partial charge is 0.144 e. The van der Waals surface area contributed by atoms with Gasteiger partial charge in [-0.05, 0) is 31.0 Å². The predicted molar refractivity (Wildman–Crippen MR) is 46.6 cm³/mol. The molecule has 1 rings (SSSR count). The Hall–Kier alpha value is -0.670. The summed E-state index contributed by atoms with van der Waals surface area (Å²) >= 11 is 5.59. The molecule has 12 heavy (non-hydrogen) atoms. The molecule has 0 atom stereocenters. The molecule has 0 radical (unpaired) electrons. The minimum Gasteiger partial charge on any atom is -0.330 e. The Balaban J connectivity index is 2.75. The highest BCUT2D eigenvalue weighted by molar-refractivity contribution is 6.29. The van der Waals surface area contributed by atoms with Crippen LogP contribution in [0, 0.1) is 5.82 Å². The molecule has 66 valence electrons. The van der Waals surface area contributed by atoms with Crippen molar-refractivity contribution in [3.8, 4) is 0 Å². The molecular weight excluding hydrogens is 179 g/mol. The van der Waals surface area contributed by atoms with Gasteiger partial charge in [0.2, 0.25) is 0 Å². The molecular formula is C8H10ClFN2. The van der Waals surface area contributed by atoms with Crippen LogP contribution >= 0.6 is 11.6 Å². The molecule has 0 saturated carbocycles. The third-order valence-electron chi connectivity index (χ3n) is 1.55. The van der Waals surface area contributed by atoms with E-state index in [1.165, 1.54) is 6.07 Å². The number of aromatic nitrogens is 1. The highest BCUT2D eigenvalue weighted by Crippen LogP contribution is 2.12. The van der Waals surface area contributed by atoms with Gasteiger partial charge in [0.15, 0.2) is 0 Å². The van der Waals surface area contributed by atoms with E-state index in [9.17, 15) is 4.39 Å². The van der Waals surface area contributed by atoms with Crippen molar-refractivity contribution in [1.29, 1.82) is 0 Å². The Labute approximate surface area is 75.6 Å². The summed E-state index contributed by atoms with van der Waals surface area (Å²) in [5.74, 6) is -0.312. The van der Waals surface area contributed by atoms with Gasteiger partial charge in [0.25, 0.3) is 0 Å². The first-order valence-electron chi connectivity index (χ1n) is 3.74. The van der Waals surface area contributed by atoms with E-state index in [0.717, 1.165) is 12.6 Å². The van der Waals surface area contributed by atoms with Crippen LogP contribution in [0.1, 0.15) is 12.0 Å². The molecule has 0 saturated heterocycles. The summed E-state index contributed by atoms with van der Waals surface area (Å²) in [6.45, 7) is 0.555. The standard InChI is InChI=1S/C8H10ClFN2/c9-8-4-6(2-1-3-11)7(10)5-12-8/h4-5H,1-3,11H2. The van der Waals surface area contributed by atoms with E-state index in [4.69, 9.17) is 17.3 Å². The maximum absolute atomic E-state index is 12.9. The molecule has 0 spiro atoms. The van der Waals surface area contributed by atoms with E-state index in [0.29, 0.717) is 23.7 Å². The fourth-order valence-electron chi connectivity index (χ4n) is 0.935. The van der Waals surface area contributed by atoms with Crippen LogP contribution in [0.25, 0.3) is 0 Å². The number of pyridine rings is 1. The van der Waals surface area contributed by atoms with Gasteiger partial charge in [-0.15, -0.1) is 0 Å². The molecule has 0 unspecified atom stereocenters. The quantitative estimate of drug-likeness (QED) is 0.735. The summed E-state index contributed by atoms with van der Waals surface area (Å²) in [6.07, 6.45) is 2.51. The van der Waals surface area contributed by atoms with E-state index in [2.05, 4.69) is 4.98 Å². The van der Waals surface area contributed by atoms with Crippen LogP contribution in [0.15, 0.2) is 12.3 Å². The third-order valence-corrected chi connectivity index (χ3v) is 1.76. The number of hydrogen-bond acceptors (Lipinski definition) is 2. The van der Waals surface area contributed by atoms with Crippen LogP contribution in [0.5, 0.6) is 0 Å². The molecule has 2 N–H and O–H groups in total. The van der Waals surface area contributed by atoms with Gasteiger partial charge in [-0.2, -0.15) is 0 Å². The number of nitrogens with zero attached hydrogens (tertiary/aromatic N) is 1. The van der Waals surface area contributed by atoms with E-state index < -0.39 is 0 Å². The summed E-state index contributed by atoms with van der Waals surface area (Å²) in [4.78, 5) is 3.61. The van der Waals surface area contributed by atoms with E-state index in [-0.39, 0.29) is 5.82 Å². The fourth-order valence-corrected chi connectivity index (χ4v) is 1.12. The maximum Gasteiger partial charge on any atom is 0.144 e. The fraction of sp³-hybridized carbons (Fsp3) is 0.375. The van der Waals surface area contributed by atoms with Crippen molar-refractivity contribution < 1.29 is 4.39 Å². The second kappa shape index (κ2) is 4.38. The molecule has 0 aliphatic heterocycles. The molecule has 0 aliphatic carbocycles. The normalized spacial score (nSPS) is 10.2. The van der Waals surface area contributed by atoms with E-state index in [1.54, 1.807) is 0 Å². The van der Waals surface area contributed by atoms with Crippen LogP contribution in [0.3, 0.4) is 0 Å². The summed E-state index contributed by atoms with van der Waals surface area (Å²) < 4.78 is 12.9. The highest BCUT2D eigenvalue weighted by Gasteiger charge is 2.02. The lowest BCUT2D eigenvalue weighted by atomic mass is 10.1. The average molecular weight is 189 g/mol. The second-order valence-electron chi connectivity index (χ2n) is 2.49. The molecule has 2 nitrogen and oxygen atoms in total. The number of aryl methyl sites for hydroxylation is 1. The zero-order valence-corrected chi connectivity index (χ0v) is 7.31. The maximum atomic E-state index is 12.9. The van der Waals surface area contributed by atoms with Crippen molar-refractivity contribution in [3.05, 3.63) is 28.8 Å². The molecule has 0 bridgehead atoms. The Morgan fingerprint density at radius 2 is 2.33 bits per heavy atom. The van der Waals surface area contributed by atoms with Crippen LogP contribution in [0.2, 0.25) is 5.15 Å². The van der Waals surface area contributed by atoms with Crippen molar-refractivity contribution in [2.45, 2.75) is 12.8 Å². The molecule has 1 aromatic heterocycles. The summed E-state index contributed by atoms with van der Waals surface area (Å²) in [7, 11) is 0. The zero-order valence-electron chi connectivity index (χ0n) is 6.56. The van der Waals surface area contributed by atoms with Gasteiger partial charge in [-0.3, -0.25) is 0 Å². The van der Waals surface area contributed by atoms with Crippen molar-refractivity contribution in [2.75, 3.05) is 6.54 Å². The van der Waals surface area contributed by atoms with Gasteiger partial charge in [-0.1, -0.05) is 11.6 Å². The lowest BCUT2D eigenvalue weighted by Crippen LogP contribution is -2.01. The Kier molecular flexibility index (Phi) is 3.44. The number of halogens is 2. The molecule has 0 fully saturated rings. The van der Waals surface area contributed by atoms with Gasteiger partial charge >= 0.3 is 0 Å². The number of rotatable bonds is 3. The van der Waals surface area contributed by atoms with Crippen LogP contribution in [0.4, 0.5) is 4.39 Å². The topological polar surface area (TPSA) is 38.9 Å². The van der Waals surface area contributed by atoms with Gasteiger partial charge in [0.05, 0.1) is 6.20 Å². The molecule has 0 aliphatic rings. The Morgan fingerprint density at radius 3 is 3.00 bits per heavy atom. The van der Waals surface area contributed by atoms with Gasteiger partial charge in [0.1, 0.15) is 11.0 Å². The zero-order chi connectivity index (χ0) is 8.97.